The normalized spacial score (nSPS) is 11.6. The zero-order valence-electron chi connectivity index (χ0n) is 19.8. The molecule has 194 valence electrons. The number of carbonyl (C=O) groups excluding carboxylic acids is 3. The second-order valence-corrected chi connectivity index (χ2v) is 7.65. The molecule has 2 aromatic carbocycles. The van der Waals surface area contributed by atoms with Crippen LogP contribution in [0.4, 0.5) is 10.5 Å². The maximum Gasteiger partial charge on any atom is 0.413 e. The fourth-order valence-corrected chi connectivity index (χ4v) is 3.00. The molecule has 37 heavy (non-hydrogen) atoms. The number of amides is 2. The van der Waals surface area contributed by atoms with Gasteiger partial charge in [-0.25, -0.2) is 9.59 Å². The van der Waals surface area contributed by atoms with Gasteiger partial charge < -0.3 is 35.0 Å². The average molecular weight is 514 g/mol. The molecular weight excluding hydrogens is 492 g/mol. The Morgan fingerprint density at radius 1 is 1.19 bits per heavy atom. The maximum absolute atomic E-state index is 12.5. The highest BCUT2D eigenvalue weighted by molar-refractivity contribution is 6.01. The monoisotopic (exact) mass is 514 g/mol. The lowest BCUT2D eigenvalue weighted by Gasteiger charge is -2.17. The average Bonchev–Trinajstić information content (AvgIpc) is 2.84. The molecule has 0 aliphatic carbocycles. The first-order chi connectivity index (χ1) is 17.4. The molecule has 2 rings (SSSR count). The summed E-state index contributed by atoms with van der Waals surface area (Å²) in [6.07, 6.45) is -0.509. The molecule has 0 fully saturated rings. The number of nitrogens with one attached hydrogen (secondary N) is 1. The SMILES string of the molecule is COC(=O)[C@H](Cc1ccc(O)c(O)c1)NC(=O)Oc1cc(/C=C(\C#N)C(=O)N(C)C)cc([N+](=O)[O-])c1O. The highest BCUT2D eigenvalue weighted by Gasteiger charge is 2.26. The summed E-state index contributed by atoms with van der Waals surface area (Å²) in [5.41, 5.74) is -1.05. The van der Waals surface area contributed by atoms with Crippen molar-refractivity contribution in [1.82, 2.24) is 10.2 Å². The molecule has 0 saturated carbocycles. The number of nitrogens with zero attached hydrogens (tertiary/aromatic N) is 3. The lowest BCUT2D eigenvalue weighted by Crippen LogP contribution is -2.44. The molecule has 4 N–H and O–H groups in total. The third-order valence-electron chi connectivity index (χ3n) is 4.80. The van der Waals surface area contributed by atoms with E-state index >= 15 is 0 Å². The molecule has 1 atom stereocenters. The van der Waals surface area contributed by atoms with Crippen molar-refractivity contribution in [1.29, 1.82) is 5.26 Å². The molecule has 0 aliphatic rings. The van der Waals surface area contributed by atoms with Crippen LogP contribution in [0.1, 0.15) is 11.1 Å². The van der Waals surface area contributed by atoms with E-state index in [1.165, 1.54) is 26.2 Å². The molecular formula is C23H22N4O10. The van der Waals surface area contributed by atoms with E-state index in [0.717, 1.165) is 36.3 Å². The molecule has 2 aromatic rings. The van der Waals surface area contributed by atoms with Crippen LogP contribution in [-0.2, 0) is 20.7 Å². The highest BCUT2D eigenvalue weighted by atomic mass is 16.6. The molecule has 0 heterocycles. The Labute approximate surface area is 209 Å². The summed E-state index contributed by atoms with van der Waals surface area (Å²) in [6.45, 7) is 0. The van der Waals surface area contributed by atoms with Crippen LogP contribution in [0.15, 0.2) is 35.9 Å². The van der Waals surface area contributed by atoms with Gasteiger partial charge in [0.15, 0.2) is 17.2 Å². The molecule has 0 spiro atoms. The number of likely N-dealkylation sites (N-methyl/N-ethyl adjacent to an activating group) is 1. The van der Waals surface area contributed by atoms with Crippen molar-refractivity contribution in [3.63, 3.8) is 0 Å². The van der Waals surface area contributed by atoms with Gasteiger partial charge in [0.25, 0.3) is 5.91 Å². The fraction of sp³-hybridized carbons (Fsp3) is 0.217. The van der Waals surface area contributed by atoms with Gasteiger partial charge in [0.1, 0.15) is 17.7 Å². The van der Waals surface area contributed by atoms with E-state index in [1.54, 1.807) is 6.07 Å². The van der Waals surface area contributed by atoms with Crippen LogP contribution in [0.25, 0.3) is 6.08 Å². The van der Waals surface area contributed by atoms with Gasteiger partial charge in [-0.05, 0) is 35.4 Å². The van der Waals surface area contributed by atoms with Crippen LogP contribution < -0.4 is 10.1 Å². The molecule has 14 heteroatoms. The smallest absolute Gasteiger partial charge is 0.413 e. The first-order valence-corrected chi connectivity index (χ1v) is 10.3. The van der Waals surface area contributed by atoms with Crippen molar-refractivity contribution in [2.24, 2.45) is 0 Å². The van der Waals surface area contributed by atoms with E-state index in [4.69, 9.17) is 4.74 Å². The Morgan fingerprint density at radius 2 is 1.86 bits per heavy atom. The highest BCUT2D eigenvalue weighted by Crippen LogP contribution is 2.38. The quantitative estimate of drug-likeness (QED) is 0.0991. The number of esters is 1. The summed E-state index contributed by atoms with van der Waals surface area (Å²) in [5, 5.41) is 52.2. The third-order valence-corrected chi connectivity index (χ3v) is 4.80. The summed E-state index contributed by atoms with van der Waals surface area (Å²) < 4.78 is 9.64. The zero-order valence-corrected chi connectivity index (χ0v) is 19.8. The van der Waals surface area contributed by atoms with Gasteiger partial charge in [0.2, 0.25) is 5.75 Å². The molecule has 0 aliphatic heterocycles. The first-order valence-electron chi connectivity index (χ1n) is 10.3. The third kappa shape index (κ3) is 7.09. The fourth-order valence-electron chi connectivity index (χ4n) is 3.00. The van der Waals surface area contributed by atoms with Crippen molar-refractivity contribution in [2.45, 2.75) is 12.5 Å². The number of methoxy groups -OCH3 is 1. The molecule has 0 aromatic heterocycles. The summed E-state index contributed by atoms with van der Waals surface area (Å²) >= 11 is 0. The number of nitro benzene ring substituents is 1. The topological polar surface area (TPSA) is 213 Å². The van der Waals surface area contributed by atoms with E-state index in [0.29, 0.717) is 5.56 Å². The number of phenolic OH excluding ortho intramolecular Hbond substituents is 3. The van der Waals surface area contributed by atoms with Gasteiger partial charge >= 0.3 is 17.7 Å². The lowest BCUT2D eigenvalue weighted by atomic mass is 10.1. The number of nitro groups is 1. The van der Waals surface area contributed by atoms with E-state index in [2.05, 4.69) is 10.1 Å². The van der Waals surface area contributed by atoms with Crippen molar-refractivity contribution in [3.05, 3.63) is 57.1 Å². The second-order valence-electron chi connectivity index (χ2n) is 7.65. The molecule has 14 nitrogen and oxygen atoms in total. The van der Waals surface area contributed by atoms with Crippen LogP contribution in [0.5, 0.6) is 23.0 Å². The van der Waals surface area contributed by atoms with E-state index in [1.807, 2.05) is 0 Å². The van der Waals surface area contributed by atoms with E-state index < -0.39 is 57.6 Å². The van der Waals surface area contributed by atoms with Crippen LogP contribution in [0.2, 0.25) is 0 Å². The number of carbonyl (C=O) groups is 3. The largest absolute Gasteiger partial charge is 0.504 e. The Bertz CT molecular complexity index is 1310. The Balaban J connectivity index is 2.38. The minimum Gasteiger partial charge on any atom is -0.504 e. The molecule has 0 unspecified atom stereocenters. The van der Waals surface area contributed by atoms with Crippen LogP contribution in [-0.4, -0.2) is 70.4 Å². The predicted octanol–water partition coefficient (Wildman–Crippen LogP) is 1.58. The Kier molecular flexibility index (Phi) is 8.97. The molecule has 0 radical (unpaired) electrons. The van der Waals surface area contributed by atoms with Crippen LogP contribution in [0.3, 0.4) is 0 Å². The van der Waals surface area contributed by atoms with Gasteiger partial charge in [-0.3, -0.25) is 14.9 Å². The van der Waals surface area contributed by atoms with E-state index in [9.17, 15) is 45.1 Å². The number of rotatable bonds is 8. The van der Waals surface area contributed by atoms with Crippen molar-refractivity contribution >= 4 is 29.7 Å². The van der Waals surface area contributed by atoms with Gasteiger partial charge in [0, 0.05) is 26.6 Å². The van der Waals surface area contributed by atoms with Gasteiger partial charge in [-0.1, -0.05) is 6.07 Å². The summed E-state index contributed by atoms with van der Waals surface area (Å²) in [6, 6.07) is 5.86. The van der Waals surface area contributed by atoms with E-state index in [-0.39, 0.29) is 17.6 Å². The number of aromatic hydroxyl groups is 3. The number of hydrogen-bond donors (Lipinski definition) is 4. The summed E-state index contributed by atoms with van der Waals surface area (Å²) in [4.78, 5) is 48.4. The Morgan fingerprint density at radius 3 is 2.41 bits per heavy atom. The molecule has 0 saturated heterocycles. The van der Waals surface area contributed by atoms with Crippen LogP contribution in [0, 0.1) is 21.4 Å². The number of ether oxygens (including phenoxy) is 2. The van der Waals surface area contributed by atoms with Crippen molar-refractivity contribution < 1.29 is 44.1 Å². The zero-order chi connectivity index (χ0) is 27.9. The Hall–Kier alpha value is -5.32. The summed E-state index contributed by atoms with van der Waals surface area (Å²) in [7, 11) is 3.84. The maximum atomic E-state index is 12.5. The first kappa shape index (κ1) is 27.9. The molecule has 2 amide bonds. The second kappa shape index (κ2) is 11.9. The number of benzene rings is 2. The number of phenols is 3. The van der Waals surface area contributed by atoms with Crippen LogP contribution >= 0.6 is 0 Å². The predicted molar refractivity (Wildman–Crippen MR) is 125 cm³/mol. The van der Waals surface area contributed by atoms with Gasteiger partial charge in [0.05, 0.1) is 12.0 Å². The minimum atomic E-state index is -1.36. The van der Waals surface area contributed by atoms with Crippen molar-refractivity contribution in [2.75, 3.05) is 21.2 Å². The summed E-state index contributed by atoms with van der Waals surface area (Å²) in [5.74, 6) is -4.18. The standard InChI is InChI=1S/C23H22N4O10/c1-26(2)21(31)14(11-24)6-13-8-16(27(34)35)20(30)19(10-13)37-23(33)25-15(22(32)36-3)7-12-4-5-17(28)18(29)9-12/h4-6,8-10,15,28-30H,7H2,1-3H3,(H,25,33)/b14-6+/t15-/m0/s1. The van der Waals surface area contributed by atoms with Gasteiger partial charge in [-0.15, -0.1) is 0 Å². The van der Waals surface area contributed by atoms with Crippen molar-refractivity contribution in [3.8, 4) is 29.1 Å². The minimum absolute atomic E-state index is 0.108. The number of nitriles is 1. The molecule has 0 bridgehead atoms. The lowest BCUT2D eigenvalue weighted by molar-refractivity contribution is -0.385. The number of hydrogen-bond acceptors (Lipinski definition) is 11. The van der Waals surface area contributed by atoms with Gasteiger partial charge in [-0.2, -0.15) is 5.26 Å².